The second-order valence-electron chi connectivity index (χ2n) is 7.62. The van der Waals surface area contributed by atoms with Crippen LogP contribution in [0.4, 0.5) is 5.69 Å². The predicted molar refractivity (Wildman–Crippen MR) is 102 cm³/mol. The fraction of sp³-hybridized carbons (Fsp3) is 0.524. The highest BCUT2D eigenvalue weighted by Crippen LogP contribution is 2.28. The van der Waals surface area contributed by atoms with Crippen molar-refractivity contribution in [2.45, 2.75) is 66.3 Å². The van der Waals surface area contributed by atoms with Gasteiger partial charge in [0.1, 0.15) is 5.75 Å². The highest BCUT2D eigenvalue weighted by Gasteiger charge is 2.18. The first-order valence-electron chi connectivity index (χ1n) is 8.46. The van der Waals surface area contributed by atoms with Crippen molar-refractivity contribution in [3.05, 3.63) is 47.1 Å². The van der Waals surface area contributed by atoms with E-state index in [4.69, 9.17) is 0 Å². The Bertz CT molecular complexity index is 572. The molecule has 0 radical (unpaired) electrons. The summed E-state index contributed by atoms with van der Waals surface area (Å²) in [6, 6.07) is 5.99. The maximum atomic E-state index is 10.3. The average Bonchev–Trinajstić information content (AvgIpc) is 2.43. The number of phenols is 1. The monoisotopic (exact) mass is 315 g/mol. The molecule has 0 aliphatic heterocycles. The van der Waals surface area contributed by atoms with Crippen LogP contribution in [0.2, 0.25) is 0 Å². The molecule has 1 rings (SSSR count). The number of hydrogen-bond acceptors (Lipinski definition) is 2. The number of anilines is 1. The van der Waals surface area contributed by atoms with Gasteiger partial charge in [-0.3, -0.25) is 0 Å². The summed E-state index contributed by atoms with van der Waals surface area (Å²) in [5.41, 5.74) is 4.81. The Hall–Kier alpha value is -1.70. The van der Waals surface area contributed by atoms with Gasteiger partial charge >= 0.3 is 0 Å². The maximum Gasteiger partial charge on any atom is 0.121 e. The summed E-state index contributed by atoms with van der Waals surface area (Å²) in [4.78, 5) is 2.18. The Morgan fingerprint density at radius 2 is 1.78 bits per heavy atom. The molecule has 128 valence electrons. The standard InChI is InChI=1S/C21H33NO/c1-16(2)9-8-10-17(3)11-12-18-13-14-19(15-20(18)23)22(7)21(4,5)6/h9,11,13-15,23H,8,10,12H2,1-7H3/b17-11+. The van der Waals surface area contributed by atoms with Crippen LogP contribution in [0.5, 0.6) is 5.75 Å². The zero-order valence-corrected chi connectivity index (χ0v) is 15.9. The van der Waals surface area contributed by atoms with Gasteiger partial charge in [0.2, 0.25) is 0 Å². The van der Waals surface area contributed by atoms with Crippen LogP contribution in [-0.2, 0) is 6.42 Å². The SMILES string of the molecule is CC(C)=CCC/C(C)=C/Cc1ccc(N(C)C(C)(C)C)cc1O. The molecule has 0 atom stereocenters. The molecule has 0 aromatic heterocycles. The third-order valence-electron chi connectivity index (χ3n) is 4.22. The van der Waals surface area contributed by atoms with Gasteiger partial charge in [-0.25, -0.2) is 0 Å². The average molecular weight is 316 g/mol. The lowest BCUT2D eigenvalue weighted by atomic mass is 10.0. The Labute approximate surface area is 142 Å². The summed E-state index contributed by atoms with van der Waals surface area (Å²) in [5, 5.41) is 10.3. The van der Waals surface area contributed by atoms with Crippen LogP contribution in [0, 0.1) is 0 Å². The van der Waals surface area contributed by atoms with Crippen molar-refractivity contribution in [2.75, 3.05) is 11.9 Å². The maximum absolute atomic E-state index is 10.3. The lowest BCUT2D eigenvalue weighted by molar-refractivity contribution is 0.468. The molecule has 0 fully saturated rings. The van der Waals surface area contributed by atoms with Gasteiger partial charge in [0.25, 0.3) is 0 Å². The van der Waals surface area contributed by atoms with Gasteiger partial charge in [0, 0.05) is 24.3 Å². The van der Waals surface area contributed by atoms with E-state index in [9.17, 15) is 5.11 Å². The molecule has 0 unspecified atom stereocenters. The minimum absolute atomic E-state index is 0.0371. The fourth-order valence-corrected chi connectivity index (χ4v) is 2.30. The van der Waals surface area contributed by atoms with Crippen molar-refractivity contribution in [2.24, 2.45) is 0 Å². The third kappa shape index (κ3) is 6.52. The summed E-state index contributed by atoms with van der Waals surface area (Å²) in [6.45, 7) is 12.9. The third-order valence-corrected chi connectivity index (χ3v) is 4.22. The first-order chi connectivity index (χ1) is 10.6. The van der Waals surface area contributed by atoms with Crippen LogP contribution in [0.1, 0.15) is 59.9 Å². The van der Waals surface area contributed by atoms with Crippen molar-refractivity contribution in [1.29, 1.82) is 0 Å². The molecule has 0 saturated heterocycles. The summed E-state index contributed by atoms with van der Waals surface area (Å²) < 4.78 is 0. The number of allylic oxidation sites excluding steroid dienone is 4. The summed E-state index contributed by atoms with van der Waals surface area (Å²) in [6.07, 6.45) is 7.45. The Morgan fingerprint density at radius 1 is 1.13 bits per heavy atom. The largest absolute Gasteiger partial charge is 0.508 e. The van der Waals surface area contributed by atoms with Gasteiger partial charge in [-0.15, -0.1) is 0 Å². The minimum atomic E-state index is 0.0371. The molecule has 0 bridgehead atoms. The van der Waals surface area contributed by atoms with Crippen LogP contribution in [0.25, 0.3) is 0 Å². The van der Waals surface area contributed by atoms with Crippen LogP contribution < -0.4 is 4.90 Å². The van der Waals surface area contributed by atoms with Gasteiger partial charge in [-0.1, -0.05) is 29.4 Å². The zero-order valence-electron chi connectivity index (χ0n) is 15.9. The number of aromatic hydroxyl groups is 1. The number of hydrogen-bond donors (Lipinski definition) is 1. The fourth-order valence-electron chi connectivity index (χ4n) is 2.30. The first kappa shape index (κ1) is 19.3. The van der Waals surface area contributed by atoms with E-state index in [0.717, 1.165) is 30.5 Å². The number of phenolic OH excluding ortho intramolecular Hbond substituents is 1. The molecular weight excluding hydrogens is 282 g/mol. The Morgan fingerprint density at radius 3 is 2.30 bits per heavy atom. The smallest absolute Gasteiger partial charge is 0.121 e. The zero-order chi connectivity index (χ0) is 17.6. The van der Waals surface area contributed by atoms with Crippen LogP contribution in [-0.4, -0.2) is 17.7 Å². The van der Waals surface area contributed by atoms with Crippen molar-refractivity contribution in [3.8, 4) is 5.75 Å². The van der Waals surface area contributed by atoms with Crippen molar-refractivity contribution in [1.82, 2.24) is 0 Å². The molecule has 2 heteroatoms. The van der Waals surface area contributed by atoms with Crippen molar-refractivity contribution >= 4 is 5.69 Å². The highest BCUT2D eigenvalue weighted by molar-refractivity contribution is 5.54. The van der Waals surface area contributed by atoms with Gasteiger partial charge in [-0.05, 0) is 72.4 Å². The molecule has 0 heterocycles. The first-order valence-corrected chi connectivity index (χ1v) is 8.46. The number of rotatable bonds is 6. The topological polar surface area (TPSA) is 23.5 Å². The Balaban J connectivity index is 2.74. The Kier molecular flexibility index (Phi) is 6.93. The van der Waals surface area contributed by atoms with Crippen molar-refractivity contribution < 1.29 is 5.11 Å². The normalized spacial score (nSPS) is 12.2. The molecule has 0 saturated carbocycles. The van der Waals surface area contributed by atoms with Gasteiger partial charge < -0.3 is 10.0 Å². The summed E-state index contributed by atoms with van der Waals surface area (Å²) >= 11 is 0. The molecule has 2 nitrogen and oxygen atoms in total. The second kappa shape index (κ2) is 8.24. The lowest BCUT2D eigenvalue weighted by Crippen LogP contribution is -2.37. The van der Waals surface area contributed by atoms with Gasteiger partial charge in [0.05, 0.1) is 0 Å². The molecule has 23 heavy (non-hydrogen) atoms. The van der Waals surface area contributed by atoms with Gasteiger partial charge in [0.15, 0.2) is 0 Å². The van der Waals surface area contributed by atoms with Crippen molar-refractivity contribution in [3.63, 3.8) is 0 Å². The van der Waals surface area contributed by atoms with E-state index in [2.05, 4.69) is 71.7 Å². The summed E-state index contributed by atoms with van der Waals surface area (Å²) in [5.74, 6) is 0.381. The molecule has 0 aliphatic carbocycles. The molecule has 1 N–H and O–H groups in total. The minimum Gasteiger partial charge on any atom is -0.508 e. The van der Waals surface area contributed by atoms with E-state index in [-0.39, 0.29) is 5.54 Å². The molecule has 0 amide bonds. The predicted octanol–water partition coefficient (Wildman–Crippen LogP) is 5.86. The van der Waals surface area contributed by atoms with Crippen LogP contribution in [0.15, 0.2) is 41.5 Å². The van der Waals surface area contributed by atoms with E-state index in [1.165, 1.54) is 11.1 Å². The number of nitrogens with zero attached hydrogens (tertiary/aromatic N) is 1. The van der Waals surface area contributed by atoms with E-state index in [0.29, 0.717) is 5.75 Å². The highest BCUT2D eigenvalue weighted by atomic mass is 16.3. The quantitative estimate of drug-likeness (QED) is 0.664. The molecule has 1 aromatic carbocycles. The van der Waals surface area contributed by atoms with Gasteiger partial charge in [-0.2, -0.15) is 0 Å². The number of benzene rings is 1. The summed E-state index contributed by atoms with van der Waals surface area (Å²) in [7, 11) is 2.06. The van der Waals surface area contributed by atoms with E-state index < -0.39 is 0 Å². The molecular formula is C21H33NO. The second-order valence-corrected chi connectivity index (χ2v) is 7.62. The van der Waals surface area contributed by atoms with E-state index >= 15 is 0 Å². The van der Waals surface area contributed by atoms with E-state index in [1.807, 2.05) is 12.1 Å². The molecule has 1 aromatic rings. The molecule has 0 aliphatic rings. The van der Waals surface area contributed by atoms with Crippen LogP contribution >= 0.6 is 0 Å². The van der Waals surface area contributed by atoms with E-state index in [1.54, 1.807) is 0 Å². The molecule has 0 spiro atoms. The lowest BCUT2D eigenvalue weighted by Gasteiger charge is -2.34. The van der Waals surface area contributed by atoms with Crippen LogP contribution in [0.3, 0.4) is 0 Å².